The van der Waals surface area contributed by atoms with Crippen molar-refractivity contribution in [3.8, 4) is 11.5 Å². The van der Waals surface area contributed by atoms with Crippen LogP contribution in [0.2, 0.25) is 0 Å². The second-order valence-electron chi connectivity index (χ2n) is 7.52. The van der Waals surface area contributed by atoms with E-state index in [9.17, 15) is 14.0 Å². The van der Waals surface area contributed by atoms with Crippen LogP contribution in [0.3, 0.4) is 0 Å². The summed E-state index contributed by atoms with van der Waals surface area (Å²) in [5, 5.41) is 5.35. The summed E-state index contributed by atoms with van der Waals surface area (Å²) in [5.41, 5.74) is 1.99. The summed E-state index contributed by atoms with van der Waals surface area (Å²) in [6.45, 7) is 2.73. The van der Waals surface area contributed by atoms with E-state index in [1.54, 1.807) is 19.1 Å². The number of nitrogens with one attached hydrogen (secondary N) is 2. The molecule has 2 amide bonds. The molecule has 0 fully saturated rings. The zero-order valence-corrected chi connectivity index (χ0v) is 17.6. The molecular weight excluding hydrogens is 411 g/mol. The van der Waals surface area contributed by atoms with Gasteiger partial charge in [0.25, 0.3) is 0 Å². The van der Waals surface area contributed by atoms with Crippen LogP contribution in [0, 0.1) is 5.82 Å². The lowest BCUT2D eigenvalue weighted by molar-refractivity contribution is -0.117. The monoisotopic (exact) mass is 434 g/mol. The van der Waals surface area contributed by atoms with Crippen LogP contribution >= 0.6 is 0 Å². The Morgan fingerprint density at radius 3 is 2.47 bits per heavy atom. The van der Waals surface area contributed by atoms with Crippen LogP contribution in [0.5, 0.6) is 11.5 Å². The van der Waals surface area contributed by atoms with Gasteiger partial charge >= 0.3 is 0 Å². The first-order chi connectivity index (χ1) is 15.5. The van der Waals surface area contributed by atoms with E-state index >= 15 is 0 Å². The number of ether oxygens (including phenoxy) is 2. The van der Waals surface area contributed by atoms with Gasteiger partial charge in [-0.15, -0.1) is 0 Å². The molecule has 0 aromatic heterocycles. The lowest BCUT2D eigenvalue weighted by Crippen LogP contribution is -2.20. The molecule has 0 saturated carbocycles. The number of rotatable bonds is 6. The molecule has 2 N–H and O–H groups in total. The van der Waals surface area contributed by atoms with Gasteiger partial charge in [-0.25, -0.2) is 4.39 Å². The molecule has 0 aliphatic carbocycles. The van der Waals surface area contributed by atoms with Crippen molar-refractivity contribution in [1.29, 1.82) is 0 Å². The smallest absolute Gasteiger partial charge is 0.231 e. The molecule has 0 saturated heterocycles. The minimum Gasteiger partial charge on any atom is -0.486 e. The predicted octanol–water partition coefficient (Wildman–Crippen LogP) is 4.52. The Balaban J connectivity index is 1.42. The molecule has 0 bridgehead atoms. The van der Waals surface area contributed by atoms with E-state index in [1.807, 2.05) is 36.4 Å². The van der Waals surface area contributed by atoms with E-state index in [0.717, 1.165) is 11.1 Å². The van der Waals surface area contributed by atoms with Gasteiger partial charge in [0.15, 0.2) is 11.5 Å². The number of anilines is 2. The Hall–Kier alpha value is -3.87. The van der Waals surface area contributed by atoms with Gasteiger partial charge in [0.2, 0.25) is 11.8 Å². The molecule has 0 spiro atoms. The second kappa shape index (κ2) is 9.51. The Morgan fingerprint density at radius 1 is 0.938 bits per heavy atom. The summed E-state index contributed by atoms with van der Waals surface area (Å²) >= 11 is 0. The number of halogens is 1. The summed E-state index contributed by atoms with van der Waals surface area (Å²) in [7, 11) is 0. The van der Waals surface area contributed by atoms with Gasteiger partial charge in [-0.1, -0.05) is 36.4 Å². The largest absolute Gasteiger partial charge is 0.486 e. The van der Waals surface area contributed by atoms with Gasteiger partial charge in [-0.3, -0.25) is 9.59 Å². The summed E-state index contributed by atoms with van der Waals surface area (Å²) in [5.74, 6) is -0.407. The topological polar surface area (TPSA) is 76.7 Å². The molecule has 1 unspecified atom stereocenters. The van der Waals surface area contributed by atoms with E-state index < -0.39 is 11.7 Å². The normalized spacial score (nSPS) is 13.2. The number of amides is 2. The highest BCUT2D eigenvalue weighted by molar-refractivity contribution is 5.97. The molecule has 1 atom stereocenters. The molecule has 4 rings (SSSR count). The molecule has 0 radical (unpaired) electrons. The van der Waals surface area contributed by atoms with Gasteiger partial charge in [-0.05, 0) is 48.4 Å². The average molecular weight is 434 g/mol. The maximum Gasteiger partial charge on any atom is 0.231 e. The minimum atomic E-state index is -0.579. The van der Waals surface area contributed by atoms with Crippen LogP contribution in [0.15, 0.2) is 66.7 Å². The third-order valence-electron chi connectivity index (χ3n) is 5.18. The zero-order chi connectivity index (χ0) is 22.5. The Labute approximate surface area is 185 Å². The lowest BCUT2D eigenvalue weighted by Gasteiger charge is -2.20. The fourth-order valence-corrected chi connectivity index (χ4v) is 3.41. The SMILES string of the molecule is CC(C(=O)Nc1ccc(F)c(NC(=O)Cc2ccccc2)c1)c1ccc2c(c1)OCCO2. The van der Waals surface area contributed by atoms with Gasteiger partial charge < -0.3 is 20.1 Å². The summed E-state index contributed by atoms with van der Waals surface area (Å²) in [4.78, 5) is 25.1. The van der Waals surface area contributed by atoms with E-state index in [1.165, 1.54) is 18.2 Å². The van der Waals surface area contributed by atoms with Crippen LogP contribution in [0.25, 0.3) is 0 Å². The highest BCUT2D eigenvalue weighted by atomic mass is 19.1. The molecule has 1 heterocycles. The van der Waals surface area contributed by atoms with Crippen molar-refractivity contribution in [3.63, 3.8) is 0 Å². The summed E-state index contributed by atoms with van der Waals surface area (Å²) in [6.07, 6.45) is 0.123. The Kier molecular flexibility index (Phi) is 6.35. The third-order valence-corrected chi connectivity index (χ3v) is 5.18. The Morgan fingerprint density at radius 2 is 1.69 bits per heavy atom. The van der Waals surface area contributed by atoms with Crippen LogP contribution in [-0.4, -0.2) is 25.0 Å². The van der Waals surface area contributed by atoms with Crippen molar-refractivity contribution in [1.82, 2.24) is 0 Å². The lowest BCUT2D eigenvalue weighted by atomic mass is 9.99. The molecular formula is C25H23FN2O4. The number of benzene rings is 3. The molecule has 3 aromatic rings. The first-order valence-corrected chi connectivity index (χ1v) is 10.3. The van der Waals surface area contributed by atoms with Crippen molar-refractivity contribution in [2.75, 3.05) is 23.8 Å². The maximum absolute atomic E-state index is 14.2. The quantitative estimate of drug-likeness (QED) is 0.598. The first-order valence-electron chi connectivity index (χ1n) is 10.3. The molecule has 1 aliphatic heterocycles. The maximum atomic E-state index is 14.2. The molecule has 32 heavy (non-hydrogen) atoms. The molecule has 6 nitrogen and oxygen atoms in total. The standard InChI is InChI=1S/C25H23FN2O4/c1-16(18-7-10-22-23(14-18)32-12-11-31-22)25(30)27-19-8-9-20(26)21(15-19)28-24(29)13-17-5-3-2-4-6-17/h2-10,14-16H,11-13H2,1H3,(H,27,30)(H,28,29). The van der Waals surface area contributed by atoms with Crippen molar-refractivity contribution >= 4 is 23.2 Å². The number of hydrogen-bond donors (Lipinski definition) is 2. The predicted molar refractivity (Wildman–Crippen MR) is 120 cm³/mol. The van der Waals surface area contributed by atoms with E-state index in [-0.39, 0.29) is 23.9 Å². The van der Waals surface area contributed by atoms with Gasteiger partial charge in [-0.2, -0.15) is 0 Å². The first kappa shape index (κ1) is 21.4. The number of fused-ring (bicyclic) bond motifs is 1. The summed E-state index contributed by atoms with van der Waals surface area (Å²) < 4.78 is 25.3. The fraction of sp³-hybridized carbons (Fsp3) is 0.200. The summed E-state index contributed by atoms with van der Waals surface area (Å²) in [6, 6.07) is 18.6. The molecule has 7 heteroatoms. The van der Waals surface area contributed by atoms with Crippen LogP contribution < -0.4 is 20.1 Å². The van der Waals surface area contributed by atoms with Crippen LogP contribution in [0.4, 0.5) is 15.8 Å². The molecule has 3 aromatic carbocycles. The highest BCUT2D eigenvalue weighted by Gasteiger charge is 2.20. The van der Waals surface area contributed by atoms with E-state index in [0.29, 0.717) is 30.4 Å². The Bertz CT molecular complexity index is 1130. The van der Waals surface area contributed by atoms with Crippen molar-refractivity contribution in [3.05, 3.63) is 83.7 Å². The second-order valence-corrected chi connectivity index (χ2v) is 7.52. The van der Waals surface area contributed by atoms with Crippen LogP contribution in [-0.2, 0) is 16.0 Å². The molecule has 164 valence electrons. The zero-order valence-electron chi connectivity index (χ0n) is 17.6. The highest BCUT2D eigenvalue weighted by Crippen LogP contribution is 2.33. The van der Waals surface area contributed by atoms with Crippen molar-refractivity contribution in [2.24, 2.45) is 0 Å². The van der Waals surface area contributed by atoms with Gasteiger partial charge in [0, 0.05) is 5.69 Å². The fourth-order valence-electron chi connectivity index (χ4n) is 3.41. The minimum absolute atomic E-state index is 0.00992. The van der Waals surface area contributed by atoms with Gasteiger partial charge in [0.1, 0.15) is 19.0 Å². The number of carbonyl (C=O) groups is 2. The average Bonchev–Trinajstić information content (AvgIpc) is 2.81. The van der Waals surface area contributed by atoms with Crippen molar-refractivity contribution < 1.29 is 23.5 Å². The van der Waals surface area contributed by atoms with Gasteiger partial charge in [0.05, 0.1) is 18.0 Å². The molecule has 1 aliphatic rings. The van der Waals surface area contributed by atoms with E-state index in [2.05, 4.69) is 10.6 Å². The van der Waals surface area contributed by atoms with E-state index in [4.69, 9.17) is 9.47 Å². The third kappa shape index (κ3) is 5.06. The number of hydrogen-bond acceptors (Lipinski definition) is 4. The number of carbonyl (C=O) groups excluding carboxylic acids is 2. The van der Waals surface area contributed by atoms with Crippen LogP contribution in [0.1, 0.15) is 24.0 Å². The van der Waals surface area contributed by atoms with Crippen molar-refractivity contribution in [2.45, 2.75) is 19.3 Å².